The molecule has 22 heavy (non-hydrogen) atoms. The van der Waals surface area contributed by atoms with Crippen LogP contribution in [0, 0.1) is 0 Å². The van der Waals surface area contributed by atoms with E-state index in [1.807, 2.05) is 32.9 Å². The Morgan fingerprint density at radius 2 is 2.05 bits per heavy atom. The highest BCUT2D eigenvalue weighted by molar-refractivity contribution is 5.68. The minimum atomic E-state index is -0.443. The molecule has 2 N–H and O–H groups in total. The number of amides is 1. The Morgan fingerprint density at radius 1 is 1.36 bits per heavy atom. The van der Waals surface area contributed by atoms with Crippen molar-refractivity contribution < 1.29 is 14.6 Å². The van der Waals surface area contributed by atoms with Gasteiger partial charge in [0.25, 0.3) is 0 Å². The van der Waals surface area contributed by atoms with Crippen LogP contribution in [0.3, 0.4) is 0 Å². The predicted molar refractivity (Wildman–Crippen MR) is 85.8 cm³/mol. The van der Waals surface area contributed by atoms with Gasteiger partial charge in [0.1, 0.15) is 11.4 Å². The first-order valence-corrected chi connectivity index (χ1v) is 7.83. The van der Waals surface area contributed by atoms with Gasteiger partial charge in [-0.25, -0.2) is 4.79 Å². The summed E-state index contributed by atoms with van der Waals surface area (Å²) in [5, 5.41) is 12.9. The van der Waals surface area contributed by atoms with Crippen LogP contribution in [-0.2, 0) is 11.3 Å². The van der Waals surface area contributed by atoms with E-state index >= 15 is 0 Å². The van der Waals surface area contributed by atoms with Crippen LogP contribution in [0.1, 0.15) is 39.2 Å². The summed E-state index contributed by atoms with van der Waals surface area (Å²) in [6.45, 7) is 7.81. The van der Waals surface area contributed by atoms with Crippen molar-refractivity contribution in [2.45, 2.75) is 51.8 Å². The van der Waals surface area contributed by atoms with Crippen LogP contribution in [0.15, 0.2) is 24.3 Å². The molecule has 2 rings (SSSR count). The fourth-order valence-corrected chi connectivity index (χ4v) is 2.52. The van der Waals surface area contributed by atoms with Gasteiger partial charge in [-0.05, 0) is 51.3 Å². The van der Waals surface area contributed by atoms with Crippen molar-refractivity contribution in [3.8, 4) is 5.75 Å². The molecule has 0 aromatic heterocycles. The molecule has 0 aliphatic carbocycles. The average molecular weight is 306 g/mol. The van der Waals surface area contributed by atoms with Crippen LogP contribution in [0.25, 0.3) is 0 Å². The Kier molecular flexibility index (Phi) is 5.29. The normalized spacial score (nSPS) is 16.6. The number of phenolic OH excluding ortho intramolecular Hbond substituents is 1. The predicted octanol–water partition coefficient (Wildman–Crippen LogP) is 2.88. The topological polar surface area (TPSA) is 61.8 Å². The molecule has 1 heterocycles. The first-order chi connectivity index (χ1) is 10.3. The highest BCUT2D eigenvalue weighted by Crippen LogP contribution is 2.16. The quantitative estimate of drug-likeness (QED) is 0.901. The standard InChI is InChI=1S/C17H26N2O3/c1-17(2,3)22-16(21)19-9-7-14(8-10-19)18-12-13-5-4-6-15(20)11-13/h4-6,11,14,18,20H,7-10,12H2,1-3H3. The number of hydrogen-bond donors (Lipinski definition) is 2. The maximum atomic E-state index is 12.0. The van der Waals surface area contributed by atoms with Crippen molar-refractivity contribution in [2.24, 2.45) is 0 Å². The summed E-state index contributed by atoms with van der Waals surface area (Å²) in [5.41, 5.74) is 0.621. The van der Waals surface area contributed by atoms with Gasteiger partial charge in [0.2, 0.25) is 0 Å². The van der Waals surface area contributed by atoms with Crippen molar-refractivity contribution in [3.05, 3.63) is 29.8 Å². The maximum absolute atomic E-state index is 12.0. The smallest absolute Gasteiger partial charge is 0.410 e. The number of piperidine rings is 1. The molecule has 0 unspecified atom stereocenters. The van der Waals surface area contributed by atoms with Gasteiger partial charge in [-0.15, -0.1) is 0 Å². The van der Waals surface area contributed by atoms with Crippen LogP contribution in [0.2, 0.25) is 0 Å². The van der Waals surface area contributed by atoms with Crippen LogP contribution in [-0.4, -0.2) is 40.8 Å². The highest BCUT2D eigenvalue weighted by atomic mass is 16.6. The second kappa shape index (κ2) is 7.01. The molecular weight excluding hydrogens is 280 g/mol. The van der Waals surface area contributed by atoms with E-state index in [0.717, 1.165) is 24.9 Å². The summed E-state index contributed by atoms with van der Waals surface area (Å²) in [6, 6.07) is 7.66. The lowest BCUT2D eigenvalue weighted by Gasteiger charge is -2.33. The molecule has 0 spiro atoms. The first kappa shape index (κ1) is 16.6. The summed E-state index contributed by atoms with van der Waals surface area (Å²) in [5.74, 6) is 0.291. The number of phenols is 1. The molecule has 5 nitrogen and oxygen atoms in total. The Labute approximate surface area is 132 Å². The summed E-state index contributed by atoms with van der Waals surface area (Å²) < 4.78 is 5.39. The molecule has 5 heteroatoms. The minimum Gasteiger partial charge on any atom is -0.508 e. The third kappa shape index (κ3) is 5.22. The third-order valence-electron chi connectivity index (χ3n) is 3.65. The Bertz CT molecular complexity index is 503. The number of hydrogen-bond acceptors (Lipinski definition) is 4. The molecule has 0 bridgehead atoms. The number of carbonyl (C=O) groups is 1. The molecule has 1 fully saturated rings. The van der Waals surface area contributed by atoms with Crippen molar-refractivity contribution in [1.82, 2.24) is 10.2 Å². The van der Waals surface area contributed by atoms with Crippen LogP contribution in [0.5, 0.6) is 5.75 Å². The number of aromatic hydroxyl groups is 1. The summed E-state index contributed by atoms with van der Waals surface area (Å²) in [4.78, 5) is 13.8. The number of benzene rings is 1. The van der Waals surface area contributed by atoms with E-state index in [-0.39, 0.29) is 6.09 Å². The zero-order chi connectivity index (χ0) is 16.2. The second-order valence-corrected chi connectivity index (χ2v) is 6.79. The van der Waals surface area contributed by atoms with E-state index in [1.165, 1.54) is 0 Å². The molecule has 0 saturated carbocycles. The van der Waals surface area contributed by atoms with Gasteiger partial charge in [0.15, 0.2) is 0 Å². The zero-order valence-electron chi connectivity index (χ0n) is 13.6. The van der Waals surface area contributed by atoms with Gasteiger partial charge in [-0.2, -0.15) is 0 Å². The Hall–Kier alpha value is -1.75. The Morgan fingerprint density at radius 3 is 2.64 bits per heavy atom. The summed E-state index contributed by atoms with van der Waals surface area (Å²) in [7, 11) is 0. The van der Waals surface area contributed by atoms with Gasteiger partial charge in [-0.1, -0.05) is 12.1 Å². The van der Waals surface area contributed by atoms with Gasteiger partial charge in [0, 0.05) is 25.7 Å². The molecule has 1 amide bonds. The van der Waals surface area contributed by atoms with Crippen molar-refractivity contribution >= 4 is 6.09 Å². The number of rotatable bonds is 3. The van der Waals surface area contributed by atoms with E-state index < -0.39 is 5.60 Å². The fraction of sp³-hybridized carbons (Fsp3) is 0.588. The van der Waals surface area contributed by atoms with E-state index in [9.17, 15) is 9.90 Å². The largest absolute Gasteiger partial charge is 0.508 e. The molecule has 1 aliphatic rings. The molecule has 0 radical (unpaired) electrons. The van der Waals surface area contributed by atoms with Gasteiger partial charge in [0.05, 0.1) is 0 Å². The van der Waals surface area contributed by atoms with Gasteiger partial charge < -0.3 is 20.1 Å². The first-order valence-electron chi connectivity index (χ1n) is 7.83. The Balaban J connectivity index is 1.74. The lowest BCUT2D eigenvalue weighted by molar-refractivity contribution is 0.0198. The second-order valence-electron chi connectivity index (χ2n) is 6.79. The molecule has 1 aromatic rings. The van der Waals surface area contributed by atoms with Crippen LogP contribution >= 0.6 is 0 Å². The fourth-order valence-electron chi connectivity index (χ4n) is 2.52. The number of nitrogens with one attached hydrogen (secondary N) is 1. The zero-order valence-corrected chi connectivity index (χ0v) is 13.6. The third-order valence-corrected chi connectivity index (χ3v) is 3.65. The molecule has 1 saturated heterocycles. The minimum absolute atomic E-state index is 0.223. The summed E-state index contributed by atoms with van der Waals surface area (Å²) >= 11 is 0. The SMILES string of the molecule is CC(C)(C)OC(=O)N1CCC(NCc2cccc(O)c2)CC1. The van der Waals surface area contributed by atoms with Crippen molar-refractivity contribution in [1.29, 1.82) is 0 Å². The number of carbonyl (C=O) groups excluding carboxylic acids is 1. The molecular formula is C17H26N2O3. The van der Waals surface area contributed by atoms with Crippen LogP contribution in [0.4, 0.5) is 4.79 Å². The lowest BCUT2D eigenvalue weighted by Crippen LogP contribution is -2.46. The molecule has 1 aliphatic heterocycles. The van der Waals surface area contributed by atoms with E-state index in [1.54, 1.807) is 17.0 Å². The monoisotopic (exact) mass is 306 g/mol. The van der Waals surface area contributed by atoms with Gasteiger partial charge in [-0.3, -0.25) is 0 Å². The highest BCUT2D eigenvalue weighted by Gasteiger charge is 2.26. The molecule has 122 valence electrons. The summed E-state index contributed by atoms with van der Waals surface area (Å²) in [6.07, 6.45) is 1.61. The van der Waals surface area contributed by atoms with E-state index in [2.05, 4.69) is 5.32 Å². The molecule has 1 aromatic carbocycles. The molecule has 0 atom stereocenters. The number of ether oxygens (including phenoxy) is 1. The van der Waals surface area contributed by atoms with Crippen molar-refractivity contribution in [3.63, 3.8) is 0 Å². The van der Waals surface area contributed by atoms with Crippen molar-refractivity contribution in [2.75, 3.05) is 13.1 Å². The average Bonchev–Trinajstić information content (AvgIpc) is 2.44. The van der Waals surface area contributed by atoms with E-state index in [0.29, 0.717) is 24.9 Å². The van der Waals surface area contributed by atoms with Crippen LogP contribution < -0.4 is 5.32 Å². The van der Waals surface area contributed by atoms with E-state index in [4.69, 9.17) is 4.74 Å². The lowest BCUT2D eigenvalue weighted by atomic mass is 10.0. The van der Waals surface area contributed by atoms with Gasteiger partial charge >= 0.3 is 6.09 Å². The maximum Gasteiger partial charge on any atom is 0.410 e. The number of nitrogens with zero attached hydrogens (tertiary/aromatic N) is 1. The number of likely N-dealkylation sites (tertiary alicyclic amines) is 1.